The largest absolute Gasteiger partial charge is 0.258 e. The zero-order chi connectivity index (χ0) is 12.3. The predicted molar refractivity (Wildman–Crippen MR) is 72.3 cm³/mol. The molecule has 0 saturated carbocycles. The average molecular weight is 225 g/mol. The molecule has 0 N–H and O–H groups in total. The van der Waals surface area contributed by atoms with Crippen LogP contribution in [0.4, 0.5) is 0 Å². The summed E-state index contributed by atoms with van der Waals surface area (Å²) in [6, 6.07) is 13.0. The van der Waals surface area contributed by atoms with E-state index in [-0.39, 0.29) is 0 Å². The third-order valence-corrected chi connectivity index (χ3v) is 3.10. The standard InChI is InChI=1S/C16H19N/c1-4-15-8-9-16(17-13(15)3)11-14-7-5-6-12(2)10-14/h5-10H,4,11H2,1-3H3. The Bertz CT molecular complexity index is 515. The van der Waals surface area contributed by atoms with E-state index in [0.717, 1.165) is 24.2 Å². The van der Waals surface area contributed by atoms with Crippen LogP contribution in [0.25, 0.3) is 0 Å². The molecule has 1 heterocycles. The van der Waals surface area contributed by atoms with Gasteiger partial charge in [0.2, 0.25) is 0 Å². The molecular formula is C16H19N. The molecule has 0 saturated heterocycles. The van der Waals surface area contributed by atoms with Crippen molar-refractivity contribution in [3.05, 3.63) is 64.5 Å². The van der Waals surface area contributed by atoms with E-state index in [9.17, 15) is 0 Å². The quantitative estimate of drug-likeness (QED) is 0.773. The molecule has 17 heavy (non-hydrogen) atoms. The molecule has 2 aromatic rings. The average Bonchev–Trinajstić information content (AvgIpc) is 2.29. The summed E-state index contributed by atoms with van der Waals surface area (Å²) >= 11 is 0. The van der Waals surface area contributed by atoms with Crippen molar-refractivity contribution < 1.29 is 0 Å². The van der Waals surface area contributed by atoms with Crippen LogP contribution in [0.5, 0.6) is 0 Å². The molecule has 1 heteroatoms. The van der Waals surface area contributed by atoms with E-state index in [1.165, 1.54) is 16.7 Å². The van der Waals surface area contributed by atoms with Crippen molar-refractivity contribution in [2.75, 3.05) is 0 Å². The van der Waals surface area contributed by atoms with E-state index in [2.05, 4.69) is 62.2 Å². The minimum atomic E-state index is 0.923. The van der Waals surface area contributed by atoms with Crippen LogP contribution in [0.15, 0.2) is 36.4 Å². The number of pyridine rings is 1. The molecule has 0 unspecified atom stereocenters. The molecule has 0 radical (unpaired) electrons. The third-order valence-electron chi connectivity index (χ3n) is 3.10. The van der Waals surface area contributed by atoms with Crippen molar-refractivity contribution in [1.29, 1.82) is 0 Å². The molecule has 0 aliphatic carbocycles. The Morgan fingerprint density at radius 2 is 1.88 bits per heavy atom. The van der Waals surface area contributed by atoms with Crippen molar-refractivity contribution in [2.24, 2.45) is 0 Å². The molecule has 1 nitrogen and oxygen atoms in total. The van der Waals surface area contributed by atoms with Gasteiger partial charge in [-0.3, -0.25) is 4.98 Å². The van der Waals surface area contributed by atoms with E-state index in [4.69, 9.17) is 0 Å². The Morgan fingerprint density at radius 3 is 2.53 bits per heavy atom. The number of hydrogen-bond donors (Lipinski definition) is 0. The second-order valence-electron chi connectivity index (χ2n) is 4.57. The highest BCUT2D eigenvalue weighted by Crippen LogP contribution is 2.12. The highest BCUT2D eigenvalue weighted by atomic mass is 14.7. The van der Waals surface area contributed by atoms with Crippen LogP contribution in [0, 0.1) is 13.8 Å². The van der Waals surface area contributed by atoms with E-state index >= 15 is 0 Å². The van der Waals surface area contributed by atoms with Gasteiger partial charge < -0.3 is 0 Å². The molecule has 0 spiro atoms. The molecule has 0 atom stereocenters. The van der Waals surface area contributed by atoms with Gasteiger partial charge in [-0.15, -0.1) is 0 Å². The Morgan fingerprint density at radius 1 is 1.06 bits per heavy atom. The lowest BCUT2D eigenvalue weighted by molar-refractivity contribution is 0.983. The fourth-order valence-electron chi connectivity index (χ4n) is 2.15. The zero-order valence-corrected chi connectivity index (χ0v) is 10.8. The maximum Gasteiger partial charge on any atom is 0.0450 e. The molecule has 0 aliphatic rings. The van der Waals surface area contributed by atoms with Gasteiger partial charge in [0.25, 0.3) is 0 Å². The minimum absolute atomic E-state index is 0.923. The second-order valence-corrected chi connectivity index (χ2v) is 4.57. The minimum Gasteiger partial charge on any atom is -0.258 e. The first-order valence-corrected chi connectivity index (χ1v) is 6.20. The summed E-state index contributed by atoms with van der Waals surface area (Å²) in [7, 11) is 0. The molecule has 0 bridgehead atoms. The van der Waals surface area contributed by atoms with Gasteiger partial charge >= 0.3 is 0 Å². The summed E-state index contributed by atoms with van der Waals surface area (Å²) < 4.78 is 0. The van der Waals surface area contributed by atoms with Gasteiger partial charge in [0.15, 0.2) is 0 Å². The summed E-state index contributed by atoms with van der Waals surface area (Å²) in [6.45, 7) is 6.39. The van der Waals surface area contributed by atoms with Gasteiger partial charge in [0.05, 0.1) is 0 Å². The highest BCUT2D eigenvalue weighted by molar-refractivity contribution is 5.28. The number of aromatic nitrogens is 1. The Labute approximate surface area is 104 Å². The Kier molecular flexibility index (Phi) is 3.58. The zero-order valence-electron chi connectivity index (χ0n) is 10.8. The summed E-state index contributed by atoms with van der Waals surface area (Å²) in [6.07, 6.45) is 1.98. The van der Waals surface area contributed by atoms with Crippen LogP contribution >= 0.6 is 0 Å². The summed E-state index contributed by atoms with van der Waals surface area (Å²) in [4.78, 5) is 4.67. The van der Waals surface area contributed by atoms with Crippen LogP contribution in [0.1, 0.15) is 35.0 Å². The molecule has 88 valence electrons. The van der Waals surface area contributed by atoms with Gasteiger partial charge in [-0.2, -0.15) is 0 Å². The summed E-state index contributed by atoms with van der Waals surface area (Å²) in [5.74, 6) is 0. The lowest BCUT2D eigenvalue weighted by atomic mass is 10.0. The predicted octanol–water partition coefficient (Wildman–Crippen LogP) is 3.85. The number of hydrogen-bond acceptors (Lipinski definition) is 1. The molecular weight excluding hydrogens is 206 g/mol. The molecule has 1 aromatic carbocycles. The fraction of sp³-hybridized carbons (Fsp3) is 0.312. The molecule has 1 aromatic heterocycles. The van der Waals surface area contributed by atoms with Crippen LogP contribution < -0.4 is 0 Å². The Hall–Kier alpha value is -1.63. The number of rotatable bonds is 3. The van der Waals surface area contributed by atoms with Crippen LogP contribution in [-0.4, -0.2) is 4.98 Å². The van der Waals surface area contributed by atoms with Gasteiger partial charge in [0, 0.05) is 17.8 Å². The maximum atomic E-state index is 4.67. The topological polar surface area (TPSA) is 12.9 Å². The van der Waals surface area contributed by atoms with Gasteiger partial charge in [-0.1, -0.05) is 42.8 Å². The normalized spacial score (nSPS) is 10.5. The highest BCUT2D eigenvalue weighted by Gasteiger charge is 2.01. The van der Waals surface area contributed by atoms with Crippen molar-refractivity contribution >= 4 is 0 Å². The molecule has 0 amide bonds. The van der Waals surface area contributed by atoms with E-state index in [0.29, 0.717) is 0 Å². The Balaban J connectivity index is 2.22. The van der Waals surface area contributed by atoms with Gasteiger partial charge in [-0.25, -0.2) is 0 Å². The molecule has 2 rings (SSSR count). The van der Waals surface area contributed by atoms with Crippen molar-refractivity contribution in [1.82, 2.24) is 4.98 Å². The first kappa shape index (κ1) is 11.8. The van der Waals surface area contributed by atoms with Crippen LogP contribution in [0.3, 0.4) is 0 Å². The molecule has 0 fully saturated rings. The number of nitrogens with zero attached hydrogens (tertiary/aromatic N) is 1. The number of aryl methyl sites for hydroxylation is 3. The van der Waals surface area contributed by atoms with Gasteiger partial charge in [-0.05, 0) is 37.5 Å². The van der Waals surface area contributed by atoms with Crippen molar-refractivity contribution in [2.45, 2.75) is 33.6 Å². The molecule has 0 aliphatic heterocycles. The fourth-order valence-corrected chi connectivity index (χ4v) is 2.15. The van der Waals surface area contributed by atoms with Crippen molar-refractivity contribution in [3.8, 4) is 0 Å². The van der Waals surface area contributed by atoms with Gasteiger partial charge in [0.1, 0.15) is 0 Å². The summed E-state index contributed by atoms with van der Waals surface area (Å²) in [5.41, 5.74) is 6.31. The SMILES string of the molecule is CCc1ccc(Cc2cccc(C)c2)nc1C. The summed E-state index contributed by atoms with van der Waals surface area (Å²) in [5, 5.41) is 0. The van der Waals surface area contributed by atoms with Crippen LogP contribution in [-0.2, 0) is 12.8 Å². The monoisotopic (exact) mass is 225 g/mol. The van der Waals surface area contributed by atoms with Crippen molar-refractivity contribution in [3.63, 3.8) is 0 Å². The van der Waals surface area contributed by atoms with Crippen LogP contribution in [0.2, 0.25) is 0 Å². The van der Waals surface area contributed by atoms with E-state index < -0.39 is 0 Å². The smallest absolute Gasteiger partial charge is 0.0450 e. The second kappa shape index (κ2) is 5.13. The lowest BCUT2D eigenvalue weighted by Gasteiger charge is -2.06. The first-order valence-electron chi connectivity index (χ1n) is 6.20. The third kappa shape index (κ3) is 2.94. The lowest BCUT2D eigenvalue weighted by Crippen LogP contribution is -1.97. The van der Waals surface area contributed by atoms with E-state index in [1.54, 1.807) is 0 Å². The maximum absolute atomic E-state index is 4.67. The number of benzene rings is 1. The van der Waals surface area contributed by atoms with E-state index in [1.807, 2.05) is 0 Å². The first-order chi connectivity index (χ1) is 8.19.